The zero-order chi connectivity index (χ0) is 15.3. The summed E-state index contributed by atoms with van der Waals surface area (Å²) in [5.74, 6) is 1.11. The van der Waals surface area contributed by atoms with Crippen molar-refractivity contribution < 1.29 is 4.74 Å². The zero-order valence-electron chi connectivity index (χ0n) is 12.7. The van der Waals surface area contributed by atoms with Gasteiger partial charge in [0.05, 0.1) is 19.7 Å². The Morgan fingerprint density at radius 1 is 1.38 bits per heavy atom. The number of hydrogen-bond donors (Lipinski definition) is 0. The summed E-state index contributed by atoms with van der Waals surface area (Å²) in [6, 6.07) is 10.2. The lowest BCUT2D eigenvalue weighted by Gasteiger charge is -2.30. The minimum absolute atomic E-state index is 0.373. The highest BCUT2D eigenvalue weighted by Gasteiger charge is 2.36. The molecular formula is C16H20N4O. The lowest BCUT2D eigenvalue weighted by Crippen LogP contribution is -2.32. The van der Waals surface area contributed by atoms with Crippen LogP contribution in [0.15, 0.2) is 36.9 Å². The van der Waals surface area contributed by atoms with Crippen molar-refractivity contribution in [1.82, 2.24) is 14.8 Å². The molecule has 0 aliphatic heterocycles. The largest absolute Gasteiger partial charge is 0.496 e. The van der Waals surface area contributed by atoms with Crippen molar-refractivity contribution in [3.63, 3.8) is 0 Å². The second-order valence-corrected chi connectivity index (χ2v) is 5.59. The number of hydrogen-bond acceptors (Lipinski definition) is 4. The summed E-state index contributed by atoms with van der Waals surface area (Å²) in [4.78, 5) is 3.97. The highest BCUT2D eigenvalue weighted by molar-refractivity contribution is 5.43. The number of nitriles is 1. The van der Waals surface area contributed by atoms with E-state index in [1.54, 1.807) is 18.1 Å². The Morgan fingerprint density at radius 2 is 2.14 bits per heavy atom. The Balaban J connectivity index is 2.51. The average molecular weight is 284 g/mol. The van der Waals surface area contributed by atoms with E-state index >= 15 is 0 Å². The van der Waals surface area contributed by atoms with Gasteiger partial charge in [0.2, 0.25) is 0 Å². The Labute approximate surface area is 125 Å². The molecule has 0 amide bonds. The Hall–Kier alpha value is -2.35. The van der Waals surface area contributed by atoms with Crippen LogP contribution in [0.2, 0.25) is 0 Å². The van der Waals surface area contributed by atoms with Crippen LogP contribution < -0.4 is 4.74 Å². The Bertz CT molecular complexity index is 615. The van der Waals surface area contributed by atoms with E-state index in [2.05, 4.69) is 30.0 Å². The van der Waals surface area contributed by atoms with Crippen LogP contribution in [0.5, 0.6) is 5.75 Å². The summed E-state index contributed by atoms with van der Waals surface area (Å²) in [6.07, 6.45) is 3.85. The van der Waals surface area contributed by atoms with Gasteiger partial charge in [-0.05, 0) is 18.4 Å². The fourth-order valence-electron chi connectivity index (χ4n) is 2.73. The molecule has 5 heteroatoms. The fourth-order valence-corrected chi connectivity index (χ4v) is 2.73. The maximum atomic E-state index is 9.93. The van der Waals surface area contributed by atoms with E-state index in [1.807, 2.05) is 24.3 Å². The van der Waals surface area contributed by atoms with E-state index in [0.29, 0.717) is 12.5 Å². The van der Waals surface area contributed by atoms with E-state index in [-0.39, 0.29) is 0 Å². The lowest BCUT2D eigenvalue weighted by molar-refractivity contribution is 0.334. The number of nitrogens with zero attached hydrogens (tertiary/aromatic N) is 4. The highest BCUT2D eigenvalue weighted by Crippen LogP contribution is 2.37. The van der Waals surface area contributed by atoms with Crippen LogP contribution in [0, 0.1) is 17.2 Å². The summed E-state index contributed by atoms with van der Waals surface area (Å²) in [6.45, 7) is 4.69. The lowest BCUT2D eigenvalue weighted by atomic mass is 9.75. The molecule has 0 saturated heterocycles. The molecule has 21 heavy (non-hydrogen) atoms. The number of para-hydroxylation sites is 1. The molecule has 0 N–H and O–H groups in total. The predicted molar refractivity (Wildman–Crippen MR) is 79.8 cm³/mol. The second-order valence-electron chi connectivity index (χ2n) is 5.59. The van der Waals surface area contributed by atoms with E-state index in [0.717, 1.165) is 17.7 Å². The van der Waals surface area contributed by atoms with Gasteiger partial charge in [-0.15, -0.1) is 0 Å². The zero-order valence-corrected chi connectivity index (χ0v) is 12.7. The molecular weight excluding hydrogens is 264 g/mol. The molecule has 1 unspecified atom stereocenters. The van der Waals surface area contributed by atoms with E-state index < -0.39 is 5.41 Å². The third-order valence-electron chi connectivity index (χ3n) is 3.49. The first kappa shape index (κ1) is 15.0. The molecule has 5 nitrogen and oxygen atoms in total. The predicted octanol–water partition coefficient (Wildman–Crippen LogP) is 2.79. The topological polar surface area (TPSA) is 63.7 Å². The second kappa shape index (κ2) is 6.40. The van der Waals surface area contributed by atoms with Gasteiger partial charge in [-0.25, -0.2) is 4.98 Å². The molecule has 2 rings (SSSR count). The third-order valence-corrected chi connectivity index (χ3v) is 3.49. The number of aromatic nitrogens is 3. The summed E-state index contributed by atoms with van der Waals surface area (Å²) >= 11 is 0. The van der Waals surface area contributed by atoms with E-state index in [9.17, 15) is 5.26 Å². The van der Waals surface area contributed by atoms with Gasteiger partial charge in [0, 0.05) is 5.56 Å². The summed E-state index contributed by atoms with van der Waals surface area (Å²) < 4.78 is 7.16. The molecule has 0 aliphatic carbocycles. The van der Waals surface area contributed by atoms with Crippen LogP contribution in [0.4, 0.5) is 0 Å². The van der Waals surface area contributed by atoms with Crippen molar-refractivity contribution in [2.24, 2.45) is 5.92 Å². The Kier molecular flexibility index (Phi) is 4.59. The normalized spacial score (nSPS) is 13.7. The quantitative estimate of drug-likeness (QED) is 0.818. The van der Waals surface area contributed by atoms with Gasteiger partial charge < -0.3 is 4.74 Å². The molecule has 0 radical (unpaired) electrons. The summed E-state index contributed by atoms with van der Waals surface area (Å²) in [5.41, 5.74) is 0.216. The van der Waals surface area contributed by atoms with E-state index in [4.69, 9.17) is 4.74 Å². The fraction of sp³-hybridized carbons (Fsp3) is 0.438. The number of methoxy groups -OCH3 is 1. The smallest absolute Gasteiger partial charge is 0.137 e. The van der Waals surface area contributed by atoms with Crippen molar-refractivity contribution in [3.8, 4) is 11.8 Å². The van der Waals surface area contributed by atoms with Crippen LogP contribution in [0.3, 0.4) is 0 Å². The molecule has 0 bridgehead atoms. The van der Waals surface area contributed by atoms with Crippen molar-refractivity contribution in [1.29, 1.82) is 5.26 Å². The summed E-state index contributed by atoms with van der Waals surface area (Å²) in [7, 11) is 1.63. The molecule has 0 saturated carbocycles. The van der Waals surface area contributed by atoms with Gasteiger partial charge in [0.15, 0.2) is 0 Å². The first-order valence-corrected chi connectivity index (χ1v) is 6.98. The molecule has 0 spiro atoms. The minimum atomic E-state index is -0.686. The Morgan fingerprint density at radius 3 is 2.71 bits per heavy atom. The van der Waals surface area contributed by atoms with Gasteiger partial charge >= 0.3 is 0 Å². The molecule has 1 atom stereocenters. The molecule has 1 aromatic carbocycles. The van der Waals surface area contributed by atoms with Crippen molar-refractivity contribution in [2.45, 2.75) is 32.2 Å². The maximum Gasteiger partial charge on any atom is 0.137 e. The van der Waals surface area contributed by atoms with E-state index in [1.165, 1.54) is 6.33 Å². The van der Waals surface area contributed by atoms with Crippen LogP contribution >= 0.6 is 0 Å². The molecule has 1 heterocycles. The van der Waals surface area contributed by atoms with Crippen LogP contribution in [0.25, 0.3) is 0 Å². The molecule has 2 aromatic rings. The molecule has 1 aromatic heterocycles. The van der Waals surface area contributed by atoms with Gasteiger partial charge in [-0.1, -0.05) is 32.0 Å². The molecule has 0 aliphatic rings. The SMILES string of the molecule is COc1ccccc1C(C#N)(CC(C)C)Cn1cncn1. The number of benzene rings is 1. The first-order valence-electron chi connectivity index (χ1n) is 6.98. The average Bonchev–Trinajstić information content (AvgIpc) is 2.98. The van der Waals surface area contributed by atoms with Crippen molar-refractivity contribution in [2.75, 3.05) is 7.11 Å². The maximum absolute atomic E-state index is 9.93. The van der Waals surface area contributed by atoms with Gasteiger partial charge in [-0.3, -0.25) is 4.68 Å². The highest BCUT2D eigenvalue weighted by atomic mass is 16.5. The monoisotopic (exact) mass is 284 g/mol. The van der Waals surface area contributed by atoms with Crippen molar-refractivity contribution >= 4 is 0 Å². The van der Waals surface area contributed by atoms with Crippen LogP contribution in [0.1, 0.15) is 25.8 Å². The first-order chi connectivity index (χ1) is 10.1. The van der Waals surface area contributed by atoms with Crippen LogP contribution in [-0.2, 0) is 12.0 Å². The third kappa shape index (κ3) is 3.22. The van der Waals surface area contributed by atoms with Gasteiger partial charge in [0.25, 0.3) is 0 Å². The van der Waals surface area contributed by atoms with Gasteiger partial charge in [-0.2, -0.15) is 10.4 Å². The van der Waals surface area contributed by atoms with Crippen molar-refractivity contribution in [3.05, 3.63) is 42.5 Å². The van der Waals surface area contributed by atoms with Gasteiger partial charge in [0.1, 0.15) is 23.8 Å². The minimum Gasteiger partial charge on any atom is -0.496 e. The number of ether oxygens (including phenoxy) is 1. The standard InChI is InChI=1S/C16H20N4O/c1-13(2)8-16(9-17,10-20-12-18-11-19-20)14-6-4-5-7-15(14)21-3/h4-7,11-13H,8,10H2,1-3H3. The number of rotatable bonds is 6. The molecule has 0 fully saturated rings. The summed E-state index contributed by atoms with van der Waals surface area (Å²) in [5, 5.41) is 14.1. The van der Waals surface area contributed by atoms with Crippen LogP contribution in [-0.4, -0.2) is 21.9 Å². The molecule has 110 valence electrons.